The summed E-state index contributed by atoms with van der Waals surface area (Å²) in [6.07, 6.45) is 23.2. The molecule has 6 aliphatic rings. The minimum Gasteiger partial charge on any atom is -0.481 e. The highest BCUT2D eigenvalue weighted by Crippen LogP contribution is 2.49. The number of imidazole rings is 2. The van der Waals surface area contributed by atoms with Crippen LogP contribution >= 0.6 is 108 Å². The van der Waals surface area contributed by atoms with E-state index in [2.05, 4.69) is 77.2 Å². The smallest absolute Gasteiger partial charge is 0.354 e. The Balaban J connectivity index is 0.000000273. The molecule has 0 saturated heterocycles. The molecule has 4 aromatic carbocycles. The molecule has 36 nitrogen and oxygen atoms in total. The van der Waals surface area contributed by atoms with Gasteiger partial charge in [-0.05, 0) is 217 Å². The van der Waals surface area contributed by atoms with Gasteiger partial charge in [0.2, 0.25) is 29.6 Å². The number of carbonyl (C=O) groups is 10. The summed E-state index contributed by atoms with van der Waals surface area (Å²) in [6.45, 7) is 20.5. The number of halogens is 9. The number of aromatic nitrogens is 12. The maximum absolute atomic E-state index is 14.2. The van der Waals surface area contributed by atoms with Crippen LogP contribution in [0.3, 0.4) is 0 Å². The first-order valence-electron chi connectivity index (χ1n) is 42.8. The number of amides is 6. The molecule has 0 radical (unpaired) electrons. The van der Waals surface area contributed by atoms with Gasteiger partial charge in [0.05, 0.1) is 88.5 Å². The number of aliphatic carboxylic acids is 1. The monoisotopic (exact) mass is 2080 g/mol. The molecule has 45 heteroatoms. The van der Waals surface area contributed by atoms with Gasteiger partial charge in [0.1, 0.15) is 51.1 Å². The third kappa shape index (κ3) is 29.3. The summed E-state index contributed by atoms with van der Waals surface area (Å²) in [4.78, 5) is 168. The molecule has 4 saturated carbocycles. The van der Waals surface area contributed by atoms with Crippen LogP contribution in [0.2, 0.25) is 20.1 Å². The Bertz CT molecular complexity index is 6080. The number of hydrogen-bond donors (Lipinski definition) is 8. The molecule has 4 fully saturated rings. The Hall–Kier alpha value is -12.2. The van der Waals surface area contributed by atoms with E-state index in [1.165, 1.54) is 39.8 Å². The second kappa shape index (κ2) is 48.1. The molecule has 139 heavy (non-hydrogen) atoms. The zero-order valence-corrected chi connectivity index (χ0v) is 84.7. The van der Waals surface area contributed by atoms with Crippen molar-refractivity contribution >= 4 is 191 Å². The van der Waals surface area contributed by atoms with Crippen molar-refractivity contribution in [2.45, 2.75) is 217 Å². The summed E-state index contributed by atoms with van der Waals surface area (Å²) < 4.78 is 13.2. The number of nitrogens with two attached hydrogens (primary N) is 2. The molecule has 10 aromatic rings. The first-order chi connectivity index (χ1) is 63.2. The Morgan fingerprint density at radius 2 is 0.784 bits per heavy atom. The van der Waals surface area contributed by atoms with E-state index in [1.54, 1.807) is 213 Å². The van der Waals surface area contributed by atoms with Gasteiger partial charge in [-0.25, -0.2) is 64.4 Å². The summed E-state index contributed by atoms with van der Waals surface area (Å²) in [5.41, 5.74) is 9.31. The molecule has 8 heterocycles. The summed E-state index contributed by atoms with van der Waals surface area (Å²) >= 11 is 24.8. The lowest BCUT2D eigenvalue weighted by Gasteiger charge is -2.27. The molecular weight excluding hydrogens is 1980 g/mol. The topological polar surface area (TPSA) is 523 Å². The van der Waals surface area contributed by atoms with E-state index in [0.717, 1.165) is 55.5 Å². The lowest BCUT2D eigenvalue weighted by molar-refractivity contribution is -0.159. The van der Waals surface area contributed by atoms with Crippen LogP contribution in [0.25, 0.3) is 0 Å². The highest BCUT2D eigenvalue weighted by molar-refractivity contribution is 6.36. The molecule has 6 amide bonds. The van der Waals surface area contributed by atoms with Gasteiger partial charge in [-0.15, -0.1) is 62.0 Å². The van der Waals surface area contributed by atoms with Crippen molar-refractivity contribution in [2.24, 2.45) is 23.3 Å². The van der Waals surface area contributed by atoms with Gasteiger partial charge >= 0.3 is 23.9 Å². The van der Waals surface area contributed by atoms with Crippen molar-refractivity contribution in [3.8, 4) is 12.1 Å². The largest absolute Gasteiger partial charge is 0.481 e. The number of nitrogens with one attached hydrogen (secondary N) is 4. The lowest BCUT2D eigenvalue weighted by Crippen LogP contribution is -2.49. The number of carbonyl (C=O) groups excluding carboxylic acids is 8. The van der Waals surface area contributed by atoms with Crippen molar-refractivity contribution in [2.75, 3.05) is 9.80 Å². The maximum Gasteiger partial charge on any atom is 0.354 e. The number of fused-ring (bicyclic) bond motifs is 2. The standard InChI is InChI=1S/C31H26Cl2N8O3.C21H14Cl2N4O3.C16H23N3O3.C10H14N4O.C9H16O4.C7H9N3.5ClH/c1-18(25(42)39-31(8-9-31)27-35-10-3-11-36-27)38-26(43)24-17-37-29-40(23-13-21(32)12-22(33)14-23)28(44)30(2,41(24)29)15-19-4-6-20(16-34)7-5-19;1-21(9-12-2-4-13(10-24)5-3-12)19(30)26(16-7-14(22)6-15(23)8-16)20-25-11-17(18(28)29)27(20)21;1-11(10-12(20)22-15(2,3)4)13(21)19-16(6-7-16)14-17-8-5-9-18-14;1-7(11)8(15)14-10(3-4-10)9-12-5-2-6-13-9;1-6(8(11)12)5-7(10)13-9(2,3)4;8-7(2-3-7)6-9-4-1-5-10-6;;;;;/h3-7,10-14,17-18H,8-9,15H2,1-2H3,(H,38,43)(H,39,42);2-8,11H,9H2,1H3,(H,28,29);5,8-9,11H,6-7,10H2,1-4H3,(H,19,21);2,5-7H,3-4,11H2,1H3,(H,14,15);6H,5H2,1-4H3,(H,11,12);1,4-5H,2-3,8H2;5*1H/t18-,30+;21-;11-;7-;6-;;;;;;/m01101....../s1. The van der Waals surface area contributed by atoms with Crippen LogP contribution in [0, 0.1) is 34.5 Å². The first kappa shape index (κ1) is 116. The predicted octanol–water partition coefficient (Wildman–Crippen LogP) is 14.7. The minimum atomic E-state index is -1.31. The van der Waals surface area contributed by atoms with Crippen LogP contribution in [0.1, 0.15) is 214 Å². The quantitative estimate of drug-likeness (QED) is 0.0260. The second-order valence-electron chi connectivity index (χ2n) is 35.8. The van der Waals surface area contributed by atoms with Crippen LogP contribution in [0.15, 0.2) is 171 Å². The van der Waals surface area contributed by atoms with Gasteiger partial charge in [-0.2, -0.15) is 10.5 Å². The van der Waals surface area contributed by atoms with Crippen LogP contribution in [0.4, 0.5) is 23.3 Å². The van der Waals surface area contributed by atoms with E-state index in [9.17, 15) is 58.3 Å². The molecule has 4 aliphatic carbocycles. The van der Waals surface area contributed by atoms with Gasteiger partial charge in [0.15, 0.2) is 17.5 Å². The van der Waals surface area contributed by atoms with Gasteiger partial charge < -0.3 is 52.4 Å². The van der Waals surface area contributed by atoms with Gasteiger partial charge in [-0.1, -0.05) is 84.5 Å². The van der Waals surface area contributed by atoms with Crippen molar-refractivity contribution in [1.29, 1.82) is 10.5 Å². The average Bonchev–Trinajstić information content (AvgIpc) is 1.55. The lowest BCUT2D eigenvalue weighted by atomic mass is 9.91. The summed E-state index contributed by atoms with van der Waals surface area (Å²) in [6, 6.07) is 32.8. The van der Waals surface area contributed by atoms with E-state index in [0.29, 0.717) is 72.9 Å². The van der Waals surface area contributed by atoms with E-state index < -0.39 is 87.0 Å². The highest BCUT2D eigenvalue weighted by atomic mass is 35.5. The number of carboxylic acids is 2. The number of esters is 2. The molecule has 16 rings (SSSR count). The number of rotatable bonds is 24. The number of carboxylic acid groups (broad SMARTS) is 2. The fourth-order valence-electron chi connectivity index (χ4n) is 14.4. The van der Waals surface area contributed by atoms with E-state index in [-0.39, 0.29) is 152 Å². The van der Waals surface area contributed by atoms with Gasteiger partial charge in [0.25, 0.3) is 17.7 Å². The maximum atomic E-state index is 14.2. The van der Waals surface area contributed by atoms with Crippen LogP contribution in [-0.4, -0.2) is 152 Å². The molecule has 6 aromatic heterocycles. The number of nitriles is 2. The van der Waals surface area contributed by atoms with Gasteiger partial charge in [-0.3, -0.25) is 52.3 Å². The Kier molecular flexibility index (Phi) is 40.0. The molecule has 740 valence electrons. The van der Waals surface area contributed by atoms with Crippen molar-refractivity contribution in [3.63, 3.8) is 0 Å². The number of anilines is 4. The number of aromatic carboxylic acids is 1. The van der Waals surface area contributed by atoms with Crippen LogP contribution in [0.5, 0.6) is 0 Å². The Morgan fingerprint density at radius 1 is 0.468 bits per heavy atom. The number of hydrogen-bond acceptors (Lipinski definition) is 26. The fraction of sp³-hybridized carbons (Fsp3) is 0.383. The van der Waals surface area contributed by atoms with Crippen molar-refractivity contribution < 1.29 is 67.6 Å². The molecule has 0 spiro atoms. The second-order valence-corrected chi connectivity index (χ2v) is 37.5. The fourth-order valence-corrected chi connectivity index (χ4v) is 15.4. The number of benzene rings is 4. The predicted molar refractivity (Wildman–Crippen MR) is 530 cm³/mol. The van der Waals surface area contributed by atoms with Crippen LogP contribution in [-0.2, 0) is 93.9 Å². The van der Waals surface area contributed by atoms with Crippen molar-refractivity contribution in [1.82, 2.24) is 80.2 Å². The van der Waals surface area contributed by atoms with Crippen molar-refractivity contribution in [3.05, 3.63) is 248 Å². The number of nitrogens with zero attached hydrogens (tertiary/aromatic N) is 16. The molecule has 6 atom stereocenters. The summed E-state index contributed by atoms with van der Waals surface area (Å²) in [5.74, 6) is -3.17. The van der Waals surface area contributed by atoms with Gasteiger partial charge in [0, 0.05) is 88.4 Å². The Labute approximate surface area is 853 Å². The van der Waals surface area contributed by atoms with E-state index in [1.807, 2.05) is 26.8 Å². The third-order valence-corrected chi connectivity index (χ3v) is 22.9. The van der Waals surface area contributed by atoms with E-state index in [4.69, 9.17) is 77.7 Å². The number of ether oxygens (including phenoxy) is 2. The third-order valence-electron chi connectivity index (χ3n) is 22.1. The molecule has 0 bridgehead atoms. The molecule has 2 aliphatic heterocycles. The van der Waals surface area contributed by atoms with E-state index >= 15 is 0 Å². The average molecular weight is 2090 g/mol. The Morgan fingerprint density at radius 3 is 1.09 bits per heavy atom. The first-order valence-corrected chi connectivity index (χ1v) is 44.3. The highest BCUT2D eigenvalue weighted by Gasteiger charge is 2.55. The zero-order chi connectivity index (χ0) is 97.8. The minimum absolute atomic E-state index is 0. The zero-order valence-electron chi connectivity index (χ0n) is 77.6. The van der Waals surface area contributed by atoms with Crippen LogP contribution < -0.4 is 42.5 Å². The normalized spacial score (nSPS) is 17.3. The summed E-state index contributed by atoms with van der Waals surface area (Å²) in [5, 5.41) is 49.3. The molecule has 10 N–H and O–H groups in total. The SMILES string of the molecule is C[C@@]1(Cc2ccc(C#N)cc2)C(=O)N(c2cc(Cl)cc(Cl)c2)c2ncc(C(=O)O)n21.C[C@H](CC(=O)OC(C)(C)C)C(=O)NC1(c2ncccn2)CC1.C[C@H](CC(=O)OC(C)(C)C)C(=O)O.C[C@H](N)C(=O)NC1(c2ncccn2)CC1.C[C@H](NC(=O)c1cnc2n1[C@](C)(Cc1ccc(C#N)cc1)C(=O)N2c1cc(Cl)cc(Cl)c1)C(=O)NC1(c2ncccn2)CC1.Cl.Cl.Cl.Cl.Cl.NC1(c2ncccn2)CC1. The summed E-state index contributed by atoms with van der Waals surface area (Å²) in [7, 11) is 0. The molecule has 0 unspecified atom stereocenters. The molecular formula is C94H107Cl9N22O14.